The molecule has 4 aliphatic rings. The Labute approximate surface area is 235 Å². The molecule has 0 aromatic heterocycles. The van der Waals surface area contributed by atoms with Gasteiger partial charge in [-0.2, -0.15) is 0 Å². The van der Waals surface area contributed by atoms with Crippen molar-refractivity contribution in [1.82, 2.24) is 0 Å². The van der Waals surface area contributed by atoms with E-state index in [0.717, 1.165) is 0 Å². The van der Waals surface area contributed by atoms with Crippen molar-refractivity contribution in [3.8, 4) is 0 Å². The Morgan fingerprint density at radius 2 is 1.81 bits per heavy atom. The van der Waals surface area contributed by atoms with Crippen molar-refractivity contribution in [1.29, 1.82) is 0 Å². The molecule has 8 heteroatoms. The fourth-order valence-corrected chi connectivity index (χ4v) is 9.68. The molecule has 4 fully saturated rings. The molecule has 1 aromatic carbocycles. The van der Waals surface area contributed by atoms with Crippen LogP contribution in [0.3, 0.4) is 0 Å². The summed E-state index contributed by atoms with van der Waals surface area (Å²) in [5, 5.41) is 22.2. The van der Waals surface area contributed by atoms with Gasteiger partial charge in [-0.05, 0) is 0 Å². The van der Waals surface area contributed by atoms with Gasteiger partial charge in [-0.3, -0.25) is 0 Å². The normalized spacial score (nSPS) is 45.8. The summed E-state index contributed by atoms with van der Waals surface area (Å²) >= 11 is 0.161. The molecule has 4 aliphatic carbocycles. The zero-order chi connectivity index (χ0) is 27.0. The molecule has 0 amide bonds. The summed E-state index contributed by atoms with van der Waals surface area (Å²) in [5.74, 6) is -2.46. The maximum absolute atomic E-state index is 17.5. The molecule has 2 N–H and O–H groups in total. The molecule has 0 radical (unpaired) electrons. The first-order valence-electron chi connectivity index (χ1n) is 13.7. The Morgan fingerprint density at radius 1 is 1.14 bits per heavy atom. The van der Waals surface area contributed by atoms with Gasteiger partial charge in [-0.15, -0.1) is 0 Å². The number of halogens is 1. The number of benzene rings is 1. The van der Waals surface area contributed by atoms with Gasteiger partial charge in [0.25, 0.3) is 0 Å². The molecular formula is C29H36FNaO6. The number of ether oxygens (including phenoxy) is 1. The molecule has 1 aromatic rings. The fourth-order valence-electron chi connectivity index (χ4n) is 9.25. The van der Waals surface area contributed by atoms with Crippen LogP contribution in [0, 0.1) is 34.5 Å². The summed E-state index contributed by atoms with van der Waals surface area (Å²) in [4.78, 5) is 39.5. The Bertz CT molecular complexity index is 1110. The van der Waals surface area contributed by atoms with Gasteiger partial charge >= 0.3 is 236 Å². The summed E-state index contributed by atoms with van der Waals surface area (Å²) < 4.78 is 22.5. The van der Waals surface area contributed by atoms with Crippen molar-refractivity contribution in [2.75, 3.05) is 0 Å². The third-order valence-corrected chi connectivity index (χ3v) is 11.6. The number of carbonyl (C=O) groups excluding carboxylic acids is 3. The molecule has 6 nitrogen and oxygen atoms in total. The van der Waals surface area contributed by atoms with Gasteiger partial charge in [-0.25, -0.2) is 0 Å². The summed E-state index contributed by atoms with van der Waals surface area (Å²) in [5.41, 5.74) is -5.15. The van der Waals surface area contributed by atoms with E-state index in [9.17, 15) is 24.6 Å². The number of carbonyl (C=O) groups is 3. The molecule has 10 atom stereocenters. The van der Waals surface area contributed by atoms with E-state index in [2.05, 4.69) is 0 Å². The van der Waals surface area contributed by atoms with Crippen LogP contribution in [-0.2, 0) is 14.3 Å². The van der Waals surface area contributed by atoms with E-state index in [1.54, 1.807) is 30.3 Å². The number of hydrogen-bond acceptors (Lipinski definition) is 6. The first-order chi connectivity index (χ1) is 17.3. The second-order valence-corrected chi connectivity index (χ2v) is 13.8. The molecule has 0 bridgehead atoms. The topological polar surface area (TPSA) is 101 Å². The summed E-state index contributed by atoms with van der Waals surface area (Å²) in [6.45, 7) is 5.60. The van der Waals surface area contributed by atoms with Crippen molar-refractivity contribution in [3.63, 3.8) is 0 Å². The van der Waals surface area contributed by atoms with Crippen LogP contribution in [0.4, 0.5) is 4.39 Å². The number of esters is 1. The number of aliphatic hydroxyl groups is 2. The van der Waals surface area contributed by atoms with E-state index >= 15 is 4.39 Å². The van der Waals surface area contributed by atoms with Crippen molar-refractivity contribution in [2.24, 2.45) is 34.5 Å². The molecule has 1 unspecified atom stereocenters. The predicted octanol–water partition coefficient (Wildman–Crippen LogP) is 3.56. The van der Waals surface area contributed by atoms with Gasteiger partial charge in [0.15, 0.2) is 0 Å². The van der Waals surface area contributed by atoms with Crippen molar-refractivity contribution in [3.05, 3.63) is 35.9 Å². The van der Waals surface area contributed by atoms with Gasteiger partial charge < -0.3 is 0 Å². The third-order valence-electron chi connectivity index (χ3n) is 11.1. The van der Waals surface area contributed by atoms with Gasteiger partial charge in [0.2, 0.25) is 0 Å². The number of alkyl halides is 1. The molecule has 5 rings (SSSR count). The summed E-state index contributed by atoms with van der Waals surface area (Å²) in [6, 6.07) is 8.44. The first-order valence-corrected chi connectivity index (χ1v) is 14.9. The molecule has 37 heavy (non-hydrogen) atoms. The predicted molar refractivity (Wildman–Crippen MR) is 134 cm³/mol. The van der Waals surface area contributed by atoms with Crippen LogP contribution in [0.1, 0.15) is 76.1 Å². The standard InChI is InChI=1S/C29H36FO6.Na/c1-17-13-22-21-10-9-19-14-20(32)11-12-26(19,2)28(21,30)23(33)15-27(22,3)29(17,24(34)16-31)36-25(35)18-7-5-4-6-8-18;/h4-8,16-17,19,21-23,31,33H,9-15H2,1-3H3;/t17-,19-,21-,22-,23-,26-,27-,28-,29+;/m0./s1. The number of Topliss-reactive ketones (excluding diaryl/α,β-unsaturated/α-hetero) is 2. The average Bonchev–Trinajstić information content (AvgIpc) is 3.07. The van der Waals surface area contributed by atoms with Crippen LogP contribution in [0.5, 0.6) is 0 Å². The van der Waals surface area contributed by atoms with Crippen LogP contribution in [0.25, 0.3) is 0 Å². The quantitative estimate of drug-likeness (QED) is 0.463. The minimum atomic E-state index is -1.90. The van der Waals surface area contributed by atoms with E-state index in [-0.39, 0.29) is 52.0 Å². The van der Waals surface area contributed by atoms with Crippen LogP contribution in [-0.4, -0.2) is 76.4 Å². The summed E-state index contributed by atoms with van der Waals surface area (Å²) in [6.07, 6.45) is 1.32. The van der Waals surface area contributed by atoms with Gasteiger partial charge in [0, 0.05) is 0 Å². The maximum atomic E-state index is 17.5. The second-order valence-electron chi connectivity index (χ2n) is 12.7. The number of ketones is 2. The molecule has 196 valence electrons. The number of fused-ring (bicyclic) bond motifs is 5. The van der Waals surface area contributed by atoms with Crippen molar-refractivity contribution < 1.29 is 33.7 Å². The Hall–Kier alpha value is -1.12. The van der Waals surface area contributed by atoms with Crippen LogP contribution in [0.2, 0.25) is 0 Å². The Kier molecular flexibility index (Phi) is 6.84. The number of rotatable bonds is 4. The van der Waals surface area contributed by atoms with Crippen molar-refractivity contribution in [2.45, 2.75) is 86.4 Å². The first kappa shape index (κ1) is 27.4. The Balaban J connectivity index is 1.60. The molecule has 0 spiro atoms. The zero-order valence-electron chi connectivity index (χ0n) is 22.2. The average molecular weight is 523 g/mol. The SMILES string of the molecule is C[C@H]1C[C@H]2[C@@H]3CC[C@H]4CC(=O)CC[C@]4(C)[C@@]3(F)[C@@H](O)C[C@]2(C)[C@]1(OC(=O)c1ccccc1)C(=O)[CH](O)[Na]. The van der Waals surface area contributed by atoms with Gasteiger partial charge in [0.1, 0.15) is 0 Å². The van der Waals surface area contributed by atoms with Crippen LogP contribution >= 0.6 is 0 Å². The van der Waals surface area contributed by atoms with Crippen LogP contribution < -0.4 is 0 Å². The van der Waals surface area contributed by atoms with Gasteiger partial charge in [-0.1, -0.05) is 0 Å². The molecule has 0 aliphatic heterocycles. The Morgan fingerprint density at radius 3 is 2.46 bits per heavy atom. The monoisotopic (exact) mass is 522 g/mol. The molecule has 0 heterocycles. The third kappa shape index (κ3) is 3.63. The van der Waals surface area contributed by atoms with Crippen molar-refractivity contribution >= 4 is 45.5 Å². The van der Waals surface area contributed by atoms with E-state index in [4.69, 9.17) is 4.74 Å². The second kappa shape index (κ2) is 9.22. The number of aliphatic hydroxyl groups excluding tert-OH is 2. The van der Waals surface area contributed by atoms with E-state index in [0.29, 0.717) is 44.1 Å². The van der Waals surface area contributed by atoms with E-state index in [1.807, 2.05) is 20.8 Å². The van der Waals surface area contributed by atoms with E-state index in [1.165, 1.54) is 0 Å². The van der Waals surface area contributed by atoms with E-state index < -0.39 is 55.1 Å². The summed E-state index contributed by atoms with van der Waals surface area (Å²) in [7, 11) is 0. The molecule has 0 saturated heterocycles. The molecule has 4 saturated carbocycles. The van der Waals surface area contributed by atoms with Gasteiger partial charge in [0.05, 0.1) is 0 Å². The minimum absolute atomic E-state index is 0.0483. The zero-order valence-corrected chi connectivity index (χ0v) is 24.2. The van der Waals surface area contributed by atoms with Crippen LogP contribution in [0.15, 0.2) is 30.3 Å². The fraction of sp³-hybridized carbons (Fsp3) is 0.690. The number of hydrogen-bond donors (Lipinski definition) is 2. The molecular weight excluding hydrogens is 486 g/mol.